The lowest BCUT2D eigenvalue weighted by atomic mass is 10.1. The van der Waals surface area contributed by atoms with Crippen molar-refractivity contribution < 1.29 is 18.7 Å². The average molecular weight is 509 g/mol. The summed E-state index contributed by atoms with van der Waals surface area (Å²) in [6, 6.07) is 18.8. The van der Waals surface area contributed by atoms with Crippen LogP contribution in [0.25, 0.3) is 6.08 Å². The Morgan fingerprint density at radius 2 is 1.88 bits per heavy atom. The first-order valence-corrected chi connectivity index (χ1v) is 11.0. The topological polar surface area (TPSA) is 71.3 Å². The molecule has 3 aromatic carbocycles. The van der Waals surface area contributed by atoms with Gasteiger partial charge < -0.3 is 14.8 Å². The summed E-state index contributed by atoms with van der Waals surface area (Å²) >= 11 is 3.47. The van der Waals surface area contributed by atoms with Gasteiger partial charge in [-0.25, -0.2) is 4.39 Å². The quantitative estimate of drug-likeness (QED) is 0.281. The number of anilines is 1. The Kier molecular flexibility index (Phi) is 8.22. The van der Waals surface area contributed by atoms with E-state index in [9.17, 15) is 14.4 Å². The van der Waals surface area contributed by atoms with E-state index in [1.165, 1.54) is 18.2 Å². The molecule has 1 amide bonds. The van der Waals surface area contributed by atoms with Crippen LogP contribution in [0.15, 0.2) is 70.7 Å². The SMILES string of the molecule is CCOc1cc(/C=C(\C#N)C(=O)Nc2cccc(C)c2)c(Br)cc1OCc1cccc(F)c1. The molecule has 0 unspecified atom stereocenters. The first kappa shape index (κ1) is 24.0. The summed E-state index contributed by atoms with van der Waals surface area (Å²) in [6.45, 7) is 4.30. The molecule has 3 rings (SSSR count). The van der Waals surface area contributed by atoms with E-state index in [0.717, 1.165) is 5.56 Å². The van der Waals surface area contributed by atoms with Gasteiger partial charge in [0, 0.05) is 10.2 Å². The fourth-order valence-electron chi connectivity index (χ4n) is 3.06. The first-order valence-electron chi connectivity index (χ1n) is 10.2. The lowest BCUT2D eigenvalue weighted by Gasteiger charge is -2.14. The van der Waals surface area contributed by atoms with E-state index in [0.29, 0.717) is 39.4 Å². The van der Waals surface area contributed by atoms with Gasteiger partial charge in [0.05, 0.1) is 6.61 Å². The smallest absolute Gasteiger partial charge is 0.266 e. The Morgan fingerprint density at radius 1 is 1.12 bits per heavy atom. The zero-order valence-electron chi connectivity index (χ0n) is 18.2. The lowest BCUT2D eigenvalue weighted by molar-refractivity contribution is -0.112. The van der Waals surface area contributed by atoms with Gasteiger partial charge in [-0.15, -0.1) is 0 Å². The first-order chi connectivity index (χ1) is 15.9. The second-order valence-corrected chi connectivity index (χ2v) is 8.02. The number of rotatable bonds is 8. The van der Waals surface area contributed by atoms with Crippen LogP contribution in [0.4, 0.5) is 10.1 Å². The Balaban J connectivity index is 1.85. The molecule has 0 atom stereocenters. The largest absolute Gasteiger partial charge is 0.490 e. The number of carbonyl (C=O) groups excluding carboxylic acids is 1. The summed E-state index contributed by atoms with van der Waals surface area (Å²) in [7, 11) is 0. The van der Waals surface area contributed by atoms with Crippen molar-refractivity contribution in [2.24, 2.45) is 0 Å². The number of amides is 1. The Morgan fingerprint density at radius 3 is 2.58 bits per heavy atom. The van der Waals surface area contributed by atoms with Crippen molar-refractivity contribution in [2.75, 3.05) is 11.9 Å². The molecule has 7 heteroatoms. The number of ether oxygens (including phenoxy) is 2. The zero-order valence-corrected chi connectivity index (χ0v) is 19.8. The van der Waals surface area contributed by atoms with Crippen LogP contribution < -0.4 is 14.8 Å². The number of benzene rings is 3. The fraction of sp³-hybridized carbons (Fsp3) is 0.154. The van der Waals surface area contributed by atoms with Crippen LogP contribution in [0.1, 0.15) is 23.6 Å². The zero-order chi connectivity index (χ0) is 23.8. The number of hydrogen-bond donors (Lipinski definition) is 1. The molecule has 3 aromatic rings. The minimum Gasteiger partial charge on any atom is -0.490 e. The summed E-state index contributed by atoms with van der Waals surface area (Å²) in [5, 5.41) is 12.3. The molecule has 0 fully saturated rings. The third kappa shape index (κ3) is 6.67. The Hall–Kier alpha value is -3.63. The van der Waals surface area contributed by atoms with Gasteiger partial charge in [-0.2, -0.15) is 5.26 Å². The predicted octanol–water partition coefficient (Wildman–Crippen LogP) is 6.42. The summed E-state index contributed by atoms with van der Waals surface area (Å²) in [6.07, 6.45) is 1.48. The summed E-state index contributed by atoms with van der Waals surface area (Å²) in [5.74, 6) is 0.0442. The van der Waals surface area contributed by atoms with Crippen molar-refractivity contribution in [3.05, 3.63) is 93.2 Å². The van der Waals surface area contributed by atoms with Gasteiger partial charge in [0.2, 0.25) is 0 Å². The maximum absolute atomic E-state index is 13.4. The number of nitrogens with zero attached hydrogens (tertiary/aromatic N) is 1. The molecule has 0 radical (unpaired) electrons. The van der Waals surface area contributed by atoms with E-state index in [2.05, 4.69) is 21.2 Å². The normalized spacial score (nSPS) is 10.9. The maximum atomic E-state index is 13.4. The molecule has 0 bridgehead atoms. The van der Waals surface area contributed by atoms with Crippen LogP contribution in [0.2, 0.25) is 0 Å². The monoisotopic (exact) mass is 508 g/mol. The van der Waals surface area contributed by atoms with Crippen LogP contribution in [0, 0.1) is 24.1 Å². The van der Waals surface area contributed by atoms with Gasteiger partial charge in [0.15, 0.2) is 11.5 Å². The molecule has 0 spiro atoms. The van der Waals surface area contributed by atoms with Crippen LogP contribution in [-0.2, 0) is 11.4 Å². The molecular formula is C26H22BrFN2O3. The van der Waals surface area contributed by atoms with Crippen LogP contribution >= 0.6 is 15.9 Å². The number of nitriles is 1. The molecule has 0 aliphatic heterocycles. The highest BCUT2D eigenvalue weighted by molar-refractivity contribution is 9.10. The number of halogens is 2. The van der Waals surface area contributed by atoms with Crippen molar-refractivity contribution in [1.82, 2.24) is 0 Å². The standard InChI is InChI=1S/C26H22BrFN2O3/c1-3-32-24-13-19(12-20(15-29)26(31)30-22-9-4-6-17(2)10-22)23(27)14-25(24)33-16-18-7-5-8-21(28)11-18/h4-14H,3,16H2,1-2H3,(H,30,31)/b20-12+. The number of hydrogen-bond acceptors (Lipinski definition) is 4. The van der Waals surface area contributed by atoms with E-state index in [1.54, 1.807) is 30.3 Å². The highest BCUT2D eigenvalue weighted by atomic mass is 79.9. The average Bonchev–Trinajstić information content (AvgIpc) is 2.78. The van der Waals surface area contributed by atoms with Crippen molar-refractivity contribution in [3.63, 3.8) is 0 Å². The molecule has 33 heavy (non-hydrogen) atoms. The second kappa shape index (κ2) is 11.3. The summed E-state index contributed by atoms with van der Waals surface area (Å²) in [4.78, 5) is 12.6. The highest BCUT2D eigenvalue weighted by Crippen LogP contribution is 2.35. The van der Waals surface area contributed by atoms with E-state index in [4.69, 9.17) is 9.47 Å². The molecule has 0 aliphatic carbocycles. The molecule has 1 N–H and O–H groups in total. The van der Waals surface area contributed by atoms with E-state index >= 15 is 0 Å². The van der Waals surface area contributed by atoms with Crippen molar-refractivity contribution in [3.8, 4) is 17.6 Å². The maximum Gasteiger partial charge on any atom is 0.266 e. The van der Waals surface area contributed by atoms with E-state index in [-0.39, 0.29) is 18.0 Å². The molecule has 0 saturated heterocycles. The lowest BCUT2D eigenvalue weighted by Crippen LogP contribution is -2.13. The molecule has 5 nitrogen and oxygen atoms in total. The highest BCUT2D eigenvalue weighted by Gasteiger charge is 2.14. The van der Waals surface area contributed by atoms with E-state index in [1.807, 2.05) is 38.1 Å². The van der Waals surface area contributed by atoms with Gasteiger partial charge in [-0.1, -0.05) is 40.2 Å². The van der Waals surface area contributed by atoms with Crippen LogP contribution in [0.5, 0.6) is 11.5 Å². The van der Waals surface area contributed by atoms with Crippen LogP contribution in [0.3, 0.4) is 0 Å². The van der Waals surface area contributed by atoms with Gasteiger partial charge in [0.1, 0.15) is 24.1 Å². The van der Waals surface area contributed by atoms with Gasteiger partial charge in [-0.05, 0) is 73.0 Å². The van der Waals surface area contributed by atoms with E-state index < -0.39 is 5.91 Å². The van der Waals surface area contributed by atoms with Gasteiger partial charge in [0.25, 0.3) is 5.91 Å². The predicted molar refractivity (Wildman–Crippen MR) is 129 cm³/mol. The molecular weight excluding hydrogens is 487 g/mol. The number of nitrogens with one attached hydrogen (secondary N) is 1. The minimum absolute atomic E-state index is 0.0620. The summed E-state index contributed by atoms with van der Waals surface area (Å²) in [5.41, 5.74) is 2.79. The number of carbonyl (C=O) groups is 1. The van der Waals surface area contributed by atoms with Crippen LogP contribution in [-0.4, -0.2) is 12.5 Å². The third-order valence-electron chi connectivity index (χ3n) is 4.59. The van der Waals surface area contributed by atoms with Gasteiger partial charge in [-0.3, -0.25) is 4.79 Å². The summed E-state index contributed by atoms with van der Waals surface area (Å²) < 4.78 is 25.6. The minimum atomic E-state index is -0.514. The number of aryl methyl sites for hydroxylation is 1. The molecule has 0 heterocycles. The third-order valence-corrected chi connectivity index (χ3v) is 5.27. The van der Waals surface area contributed by atoms with Gasteiger partial charge >= 0.3 is 0 Å². The van der Waals surface area contributed by atoms with Crippen molar-refractivity contribution in [1.29, 1.82) is 5.26 Å². The Labute approximate surface area is 200 Å². The Bertz CT molecular complexity index is 1230. The fourth-order valence-corrected chi connectivity index (χ4v) is 3.49. The molecule has 168 valence electrons. The van der Waals surface area contributed by atoms with Crippen molar-refractivity contribution >= 4 is 33.6 Å². The molecule has 0 aromatic heterocycles. The van der Waals surface area contributed by atoms with Crippen molar-refractivity contribution in [2.45, 2.75) is 20.5 Å². The second-order valence-electron chi connectivity index (χ2n) is 7.17. The molecule has 0 saturated carbocycles. The molecule has 0 aliphatic rings.